The number of hydrogen-bond donors (Lipinski definition) is 1. The average Bonchev–Trinajstić information content (AvgIpc) is 2.38. The van der Waals surface area contributed by atoms with E-state index in [2.05, 4.69) is 31.5 Å². The average molecular weight is 259 g/mol. The van der Waals surface area contributed by atoms with Crippen molar-refractivity contribution in [1.29, 1.82) is 0 Å². The topological polar surface area (TPSA) is 32.7 Å². The van der Waals surface area contributed by atoms with Crippen LogP contribution in [0.4, 0.5) is 0 Å². The maximum Gasteiger partial charge on any atom is 0.165 e. The van der Waals surface area contributed by atoms with Crippen LogP contribution < -0.4 is 4.74 Å². The van der Waals surface area contributed by atoms with Crippen LogP contribution in [-0.4, -0.2) is 30.2 Å². The molecule has 19 heavy (non-hydrogen) atoms. The van der Waals surface area contributed by atoms with Crippen molar-refractivity contribution in [1.82, 2.24) is 4.90 Å². The molecule has 0 amide bonds. The summed E-state index contributed by atoms with van der Waals surface area (Å²) < 4.78 is 5.33. The molecule has 3 heteroatoms. The number of phenols is 1. The number of allylic oxidation sites excluding steroid dienone is 2. The van der Waals surface area contributed by atoms with Gasteiger partial charge in [0.2, 0.25) is 0 Å². The van der Waals surface area contributed by atoms with Crippen molar-refractivity contribution in [3.05, 3.63) is 47.6 Å². The SMILES string of the molecule is C=C/C=C(\C)C1Cc2ccc(O)c(OC)c2CN1C. The van der Waals surface area contributed by atoms with Crippen LogP contribution in [0.25, 0.3) is 0 Å². The molecule has 0 aromatic heterocycles. The van der Waals surface area contributed by atoms with Crippen LogP contribution in [0.3, 0.4) is 0 Å². The predicted molar refractivity (Wildman–Crippen MR) is 77.6 cm³/mol. The highest BCUT2D eigenvalue weighted by Gasteiger charge is 2.27. The van der Waals surface area contributed by atoms with E-state index in [1.54, 1.807) is 13.2 Å². The summed E-state index contributed by atoms with van der Waals surface area (Å²) in [5, 5.41) is 9.84. The predicted octanol–water partition coefficient (Wildman–Crippen LogP) is 2.89. The van der Waals surface area contributed by atoms with E-state index >= 15 is 0 Å². The zero-order valence-electron chi connectivity index (χ0n) is 11.8. The van der Waals surface area contributed by atoms with Crippen LogP contribution in [0.1, 0.15) is 18.1 Å². The fourth-order valence-corrected chi connectivity index (χ4v) is 2.78. The molecule has 0 saturated carbocycles. The van der Waals surface area contributed by atoms with Gasteiger partial charge in [-0.2, -0.15) is 0 Å². The van der Waals surface area contributed by atoms with Gasteiger partial charge in [0.1, 0.15) is 0 Å². The van der Waals surface area contributed by atoms with E-state index in [0.717, 1.165) is 18.5 Å². The molecule has 0 saturated heterocycles. The minimum absolute atomic E-state index is 0.214. The van der Waals surface area contributed by atoms with Crippen molar-refractivity contribution < 1.29 is 9.84 Å². The van der Waals surface area contributed by atoms with Crippen molar-refractivity contribution in [3.8, 4) is 11.5 Å². The molecule has 0 aliphatic carbocycles. The van der Waals surface area contributed by atoms with E-state index in [1.807, 2.05) is 12.1 Å². The molecule has 1 heterocycles. The second kappa shape index (κ2) is 5.49. The lowest BCUT2D eigenvalue weighted by Gasteiger charge is -2.35. The summed E-state index contributed by atoms with van der Waals surface area (Å²) in [5.74, 6) is 0.819. The molecule has 2 rings (SSSR count). The Morgan fingerprint density at radius 2 is 2.26 bits per heavy atom. The maximum atomic E-state index is 9.84. The third-order valence-electron chi connectivity index (χ3n) is 3.80. The number of hydrogen-bond acceptors (Lipinski definition) is 3. The van der Waals surface area contributed by atoms with E-state index in [0.29, 0.717) is 11.8 Å². The molecular formula is C16H21NO2. The minimum Gasteiger partial charge on any atom is -0.504 e. The van der Waals surface area contributed by atoms with Crippen LogP contribution in [0.2, 0.25) is 0 Å². The standard InChI is InChI=1S/C16H21NO2/c1-5-6-11(2)14-9-12-7-8-15(18)16(19-4)13(12)10-17(14)3/h5-8,14,18H,1,9-10H2,2-4H3/b11-6+. The Bertz CT molecular complexity index is 520. The molecular weight excluding hydrogens is 238 g/mol. The molecule has 1 aliphatic heterocycles. The number of rotatable bonds is 3. The molecule has 1 aromatic rings. The van der Waals surface area contributed by atoms with Gasteiger partial charge in [0.05, 0.1) is 7.11 Å². The third-order valence-corrected chi connectivity index (χ3v) is 3.80. The number of aromatic hydroxyl groups is 1. The van der Waals surface area contributed by atoms with Gasteiger partial charge >= 0.3 is 0 Å². The van der Waals surface area contributed by atoms with Gasteiger partial charge in [0, 0.05) is 18.2 Å². The van der Waals surface area contributed by atoms with Crippen molar-refractivity contribution >= 4 is 0 Å². The van der Waals surface area contributed by atoms with E-state index < -0.39 is 0 Å². The quantitative estimate of drug-likeness (QED) is 0.847. The Morgan fingerprint density at radius 3 is 2.89 bits per heavy atom. The lowest BCUT2D eigenvalue weighted by molar-refractivity contribution is 0.237. The fraction of sp³-hybridized carbons (Fsp3) is 0.375. The second-order valence-electron chi connectivity index (χ2n) is 5.04. The third kappa shape index (κ3) is 2.51. The Morgan fingerprint density at radius 1 is 1.53 bits per heavy atom. The molecule has 0 bridgehead atoms. The van der Waals surface area contributed by atoms with Gasteiger partial charge in [-0.25, -0.2) is 0 Å². The number of likely N-dealkylation sites (N-methyl/N-ethyl adjacent to an activating group) is 1. The van der Waals surface area contributed by atoms with Crippen LogP contribution >= 0.6 is 0 Å². The number of methoxy groups -OCH3 is 1. The molecule has 1 atom stereocenters. The first kappa shape index (κ1) is 13.7. The molecule has 1 unspecified atom stereocenters. The summed E-state index contributed by atoms with van der Waals surface area (Å²) in [6, 6.07) is 4.08. The van der Waals surface area contributed by atoms with Gasteiger partial charge in [-0.1, -0.05) is 30.4 Å². The Hall–Kier alpha value is -1.74. The van der Waals surface area contributed by atoms with Gasteiger partial charge in [0.15, 0.2) is 11.5 Å². The highest BCUT2D eigenvalue weighted by Crippen LogP contribution is 2.37. The number of benzene rings is 1. The molecule has 0 spiro atoms. The van der Waals surface area contributed by atoms with Crippen LogP contribution in [0.5, 0.6) is 11.5 Å². The highest BCUT2D eigenvalue weighted by molar-refractivity contribution is 5.51. The molecule has 3 nitrogen and oxygen atoms in total. The molecule has 1 aliphatic rings. The normalized spacial score (nSPS) is 19.9. The van der Waals surface area contributed by atoms with Crippen LogP contribution in [0.15, 0.2) is 36.4 Å². The summed E-state index contributed by atoms with van der Waals surface area (Å²) in [6.45, 7) is 6.66. The van der Waals surface area contributed by atoms with Crippen LogP contribution in [0, 0.1) is 0 Å². The number of fused-ring (bicyclic) bond motifs is 1. The maximum absolute atomic E-state index is 9.84. The largest absolute Gasteiger partial charge is 0.504 e. The summed E-state index contributed by atoms with van der Waals surface area (Å²) in [5.41, 5.74) is 3.64. The molecule has 1 N–H and O–H groups in total. The number of ether oxygens (including phenoxy) is 1. The van der Waals surface area contributed by atoms with Gasteiger partial charge < -0.3 is 9.84 Å². The second-order valence-corrected chi connectivity index (χ2v) is 5.04. The van der Waals surface area contributed by atoms with Gasteiger partial charge in [0.25, 0.3) is 0 Å². The van der Waals surface area contributed by atoms with E-state index in [-0.39, 0.29) is 5.75 Å². The van der Waals surface area contributed by atoms with Gasteiger partial charge in [-0.3, -0.25) is 4.90 Å². The Kier molecular flexibility index (Phi) is 3.96. The van der Waals surface area contributed by atoms with Crippen molar-refractivity contribution in [2.45, 2.75) is 25.9 Å². The molecule has 0 radical (unpaired) electrons. The number of nitrogens with zero attached hydrogens (tertiary/aromatic N) is 1. The number of phenolic OH excluding ortho intramolecular Hbond substituents is 1. The molecule has 102 valence electrons. The van der Waals surface area contributed by atoms with E-state index in [1.165, 1.54) is 11.1 Å². The summed E-state index contributed by atoms with van der Waals surface area (Å²) in [7, 11) is 3.70. The van der Waals surface area contributed by atoms with E-state index in [9.17, 15) is 5.11 Å². The first-order chi connectivity index (χ1) is 9.08. The zero-order chi connectivity index (χ0) is 14.0. The first-order valence-corrected chi connectivity index (χ1v) is 6.45. The zero-order valence-corrected chi connectivity index (χ0v) is 11.8. The highest BCUT2D eigenvalue weighted by atomic mass is 16.5. The monoisotopic (exact) mass is 259 g/mol. The van der Waals surface area contributed by atoms with Crippen molar-refractivity contribution in [2.24, 2.45) is 0 Å². The van der Waals surface area contributed by atoms with Crippen LogP contribution in [-0.2, 0) is 13.0 Å². The lowest BCUT2D eigenvalue weighted by Crippen LogP contribution is -2.38. The Balaban J connectivity index is 2.39. The lowest BCUT2D eigenvalue weighted by atomic mass is 9.90. The molecule has 1 aromatic carbocycles. The van der Waals surface area contributed by atoms with Gasteiger partial charge in [-0.15, -0.1) is 0 Å². The summed E-state index contributed by atoms with van der Waals surface area (Å²) >= 11 is 0. The van der Waals surface area contributed by atoms with E-state index in [4.69, 9.17) is 4.74 Å². The van der Waals surface area contributed by atoms with Crippen molar-refractivity contribution in [2.75, 3.05) is 14.2 Å². The Labute approximate surface area is 114 Å². The fourth-order valence-electron chi connectivity index (χ4n) is 2.78. The molecule has 0 fully saturated rings. The smallest absolute Gasteiger partial charge is 0.165 e. The van der Waals surface area contributed by atoms with Crippen molar-refractivity contribution in [3.63, 3.8) is 0 Å². The summed E-state index contributed by atoms with van der Waals surface area (Å²) in [4.78, 5) is 2.28. The minimum atomic E-state index is 0.214. The summed E-state index contributed by atoms with van der Waals surface area (Å²) in [6.07, 6.45) is 4.82. The first-order valence-electron chi connectivity index (χ1n) is 6.45. The van der Waals surface area contributed by atoms with Gasteiger partial charge in [-0.05, 0) is 32.0 Å².